The molecule has 0 amide bonds. The van der Waals surface area contributed by atoms with Crippen LogP contribution in [0.2, 0.25) is 5.02 Å². The van der Waals surface area contributed by atoms with Gasteiger partial charge in [0.25, 0.3) is 0 Å². The Kier molecular flexibility index (Phi) is 4.37. The van der Waals surface area contributed by atoms with Crippen molar-refractivity contribution < 1.29 is 9.53 Å². The molecule has 1 aromatic heterocycles. The predicted octanol–water partition coefficient (Wildman–Crippen LogP) is 5.54. The minimum absolute atomic E-state index is 0.0613. The number of aromatic nitrogens is 1. The molecule has 0 bridgehead atoms. The summed E-state index contributed by atoms with van der Waals surface area (Å²) in [5.74, 6) is 0.994. The summed E-state index contributed by atoms with van der Waals surface area (Å²) < 4.78 is 6.04. The molecule has 132 valence electrons. The van der Waals surface area contributed by atoms with Crippen molar-refractivity contribution in [1.82, 2.24) is 4.98 Å². The number of ether oxygens (including phenoxy) is 1. The molecule has 0 radical (unpaired) electrons. The van der Waals surface area contributed by atoms with Crippen LogP contribution < -0.4 is 0 Å². The molecule has 2 atom stereocenters. The zero-order valence-electron chi connectivity index (χ0n) is 14.3. The average molecular weight is 394 g/mol. The van der Waals surface area contributed by atoms with Crippen LogP contribution in [0, 0.1) is 0 Å². The van der Waals surface area contributed by atoms with Gasteiger partial charge < -0.3 is 4.74 Å². The Labute approximate surface area is 161 Å². The molecule has 0 N–H and O–H groups in total. The molecule has 2 aliphatic heterocycles. The molecular formula is C19H20ClNO2S2. The number of nitrogens with zero attached hydrogens (tertiary/aromatic N) is 1. The Morgan fingerprint density at radius 2 is 2.04 bits per heavy atom. The molecule has 2 saturated heterocycles. The summed E-state index contributed by atoms with van der Waals surface area (Å²) in [6, 6.07) is 7.79. The second kappa shape index (κ2) is 6.29. The number of rotatable bonds is 2. The van der Waals surface area contributed by atoms with E-state index in [0.717, 1.165) is 39.1 Å². The van der Waals surface area contributed by atoms with Gasteiger partial charge in [0.1, 0.15) is 10.6 Å². The molecule has 1 spiro atoms. The summed E-state index contributed by atoms with van der Waals surface area (Å²) in [5.41, 5.74) is 0.716. The van der Waals surface area contributed by atoms with E-state index in [2.05, 4.69) is 18.8 Å². The lowest BCUT2D eigenvalue weighted by Gasteiger charge is -2.43. The van der Waals surface area contributed by atoms with Crippen molar-refractivity contribution in [1.29, 1.82) is 0 Å². The largest absolute Gasteiger partial charge is 0.458 e. The van der Waals surface area contributed by atoms with E-state index >= 15 is 0 Å². The Hall–Kier alpha value is -1.04. The van der Waals surface area contributed by atoms with Crippen molar-refractivity contribution in [3.05, 3.63) is 40.5 Å². The summed E-state index contributed by atoms with van der Waals surface area (Å²) in [6.45, 7) is 4.48. The van der Waals surface area contributed by atoms with Crippen LogP contribution in [0.1, 0.15) is 44.0 Å². The van der Waals surface area contributed by atoms with Gasteiger partial charge in [0, 0.05) is 22.4 Å². The zero-order chi connectivity index (χ0) is 17.7. The lowest BCUT2D eigenvalue weighted by molar-refractivity contribution is -0.150. The molecule has 2 aromatic rings. The van der Waals surface area contributed by atoms with E-state index in [4.69, 9.17) is 16.3 Å². The Bertz CT molecular complexity index is 802. The molecule has 6 heteroatoms. The van der Waals surface area contributed by atoms with Gasteiger partial charge in [-0.05, 0) is 29.9 Å². The van der Waals surface area contributed by atoms with Crippen LogP contribution >= 0.6 is 34.7 Å². The normalized spacial score (nSPS) is 28.3. The highest BCUT2D eigenvalue weighted by Crippen LogP contribution is 2.54. The summed E-state index contributed by atoms with van der Waals surface area (Å²) in [6.07, 6.45) is 4.14. The van der Waals surface area contributed by atoms with Crippen LogP contribution in [0.3, 0.4) is 0 Å². The van der Waals surface area contributed by atoms with Crippen molar-refractivity contribution in [2.24, 2.45) is 0 Å². The number of halogens is 1. The van der Waals surface area contributed by atoms with Crippen LogP contribution in [0.4, 0.5) is 0 Å². The van der Waals surface area contributed by atoms with Gasteiger partial charge in [0.05, 0.1) is 17.2 Å². The van der Waals surface area contributed by atoms with E-state index in [0.29, 0.717) is 6.42 Å². The van der Waals surface area contributed by atoms with Crippen molar-refractivity contribution in [3.63, 3.8) is 0 Å². The van der Waals surface area contributed by atoms with E-state index in [9.17, 15) is 4.79 Å². The third kappa shape index (κ3) is 3.34. The first-order chi connectivity index (χ1) is 11.9. The number of thiazole rings is 1. The van der Waals surface area contributed by atoms with Gasteiger partial charge >= 0.3 is 5.97 Å². The number of carbonyl (C=O) groups is 1. The second-order valence-corrected chi connectivity index (χ2v) is 10.7. The first-order valence-corrected chi connectivity index (χ1v) is 10.6. The quantitative estimate of drug-likeness (QED) is 0.628. The molecule has 1 aromatic carbocycles. The third-order valence-corrected chi connectivity index (χ3v) is 7.76. The van der Waals surface area contributed by atoms with Gasteiger partial charge in [-0.1, -0.05) is 37.6 Å². The third-order valence-electron chi connectivity index (χ3n) is 5.02. The van der Waals surface area contributed by atoms with Crippen LogP contribution in [0.15, 0.2) is 30.5 Å². The summed E-state index contributed by atoms with van der Waals surface area (Å²) >= 11 is 9.61. The molecule has 3 nitrogen and oxygen atoms in total. The fraction of sp³-hybridized carbons (Fsp3) is 0.474. The van der Waals surface area contributed by atoms with Crippen LogP contribution in [0.5, 0.6) is 0 Å². The van der Waals surface area contributed by atoms with Gasteiger partial charge in [0.2, 0.25) is 0 Å². The summed E-state index contributed by atoms with van der Waals surface area (Å²) in [7, 11) is 0. The van der Waals surface area contributed by atoms with Crippen molar-refractivity contribution >= 4 is 40.7 Å². The minimum Gasteiger partial charge on any atom is -0.458 e. The fourth-order valence-electron chi connectivity index (χ4n) is 3.95. The van der Waals surface area contributed by atoms with Gasteiger partial charge in [-0.15, -0.1) is 11.3 Å². The van der Waals surface area contributed by atoms with Gasteiger partial charge in [-0.25, -0.2) is 4.98 Å². The van der Waals surface area contributed by atoms with E-state index in [-0.39, 0.29) is 22.2 Å². The van der Waals surface area contributed by atoms with Gasteiger partial charge in [0.15, 0.2) is 0 Å². The Morgan fingerprint density at radius 3 is 2.76 bits per heavy atom. The summed E-state index contributed by atoms with van der Waals surface area (Å²) in [5, 5.41) is 1.74. The van der Waals surface area contributed by atoms with Gasteiger partial charge in [-0.3, -0.25) is 4.79 Å². The number of esters is 1. The predicted molar refractivity (Wildman–Crippen MR) is 105 cm³/mol. The zero-order valence-corrected chi connectivity index (χ0v) is 16.6. The smallest absolute Gasteiger partial charge is 0.307 e. The lowest BCUT2D eigenvalue weighted by atomic mass is 9.78. The van der Waals surface area contributed by atoms with Crippen LogP contribution in [-0.2, 0) is 9.53 Å². The maximum absolute atomic E-state index is 12.2. The number of hydrogen-bond acceptors (Lipinski definition) is 5. The molecule has 0 unspecified atom stereocenters. The lowest BCUT2D eigenvalue weighted by Crippen LogP contribution is -2.44. The molecule has 0 aliphatic carbocycles. The maximum Gasteiger partial charge on any atom is 0.307 e. The second-order valence-electron chi connectivity index (χ2n) is 7.40. The molecule has 2 fully saturated rings. The van der Waals surface area contributed by atoms with E-state index in [1.165, 1.54) is 0 Å². The van der Waals surface area contributed by atoms with Crippen molar-refractivity contribution in [2.45, 2.75) is 49.4 Å². The maximum atomic E-state index is 12.2. The van der Waals surface area contributed by atoms with Gasteiger partial charge in [-0.2, -0.15) is 11.8 Å². The Balaban J connectivity index is 1.66. The molecular weight excluding hydrogens is 374 g/mol. The van der Waals surface area contributed by atoms with Crippen LogP contribution in [0.25, 0.3) is 10.4 Å². The molecule has 3 heterocycles. The number of benzene rings is 1. The highest BCUT2D eigenvalue weighted by molar-refractivity contribution is 8.00. The number of hydrogen-bond donors (Lipinski definition) is 0. The highest BCUT2D eigenvalue weighted by atomic mass is 35.5. The molecule has 0 saturated carbocycles. The first kappa shape index (κ1) is 17.4. The monoisotopic (exact) mass is 393 g/mol. The summed E-state index contributed by atoms with van der Waals surface area (Å²) in [4.78, 5) is 17.9. The molecule has 25 heavy (non-hydrogen) atoms. The van der Waals surface area contributed by atoms with Crippen LogP contribution in [-0.4, -0.2) is 27.1 Å². The average Bonchev–Trinajstić information content (AvgIpc) is 3.12. The first-order valence-electron chi connectivity index (χ1n) is 8.44. The topological polar surface area (TPSA) is 39.2 Å². The SMILES string of the molecule is CC1(C)C[C@]2(CCS1)OC(=O)C[C@H]2c1ncc(-c2ccc(Cl)cc2)s1. The van der Waals surface area contributed by atoms with E-state index < -0.39 is 0 Å². The van der Waals surface area contributed by atoms with E-state index in [1.54, 1.807) is 11.3 Å². The van der Waals surface area contributed by atoms with Crippen molar-refractivity contribution in [2.75, 3.05) is 5.75 Å². The standard InChI is InChI=1S/C19H20ClNO2S2/c1-18(2)11-19(7-8-24-18)14(9-16(22)23-19)17-21-10-15(25-17)12-3-5-13(20)6-4-12/h3-6,10,14H,7-9,11H2,1-2H3/t14-,19-/m0/s1. The number of carbonyl (C=O) groups excluding carboxylic acids is 1. The van der Waals surface area contributed by atoms with E-state index in [1.807, 2.05) is 42.2 Å². The Morgan fingerprint density at radius 1 is 1.28 bits per heavy atom. The fourth-order valence-corrected chi connectivity index (χ4v) is 6.55. The molecule has 2 aliphatic rings. The minimum atomic E-state index is -0.388. The molecule has 4 rings (SSSR count). The highest BCUT2D eigenvalue weighted by Gasteiger charge is 2.55. The number of thioether (sulfide) groups is 1. The van der Waals surface area contributed by atoms with Crippen molar-refractivity contribution in [3.8, 4) is 10.4 Å².